The highest BCUT2D eigenvalue weighted by molar-refractivity contribution is 7.89. The molecule has 2 N–H and O–H groups in total. The van der Waals surface area contributed by atoms with Crippen LogP contribution in [0.5, 0.6) is 0 Å². The van der Waals surface area contributed by atoms with E-state index in [9.17, 15) is 13.2 Å². The zero-order valence-corrected chi connectivity index (χ0v) is 20.2. The highest BCUT2D eigenvalue weighted by atomic mass is 32.2. The number of rotatable bonds is 7. The van der Waals surface area contributed by atoms with Gasteiger partial charge in [-0.1, -0.05) is 66.7 Å². The number of aromatic amines is 1. The standard InChI is InChI=1S/C28H29N3O3S/c32-28(22-15-17-31(18-16-22)35(33,34)23-11-5-2-6-12-23)30-19-25(21-9-3-1-4-10-21)26-20-29-27-14-8-7-13-24(26)27/h1-14,20,22,25,29H,15-19H2,(H,30,32). The van der Waals surface area contributed by atoms with E-state index >= 15 is 0 Å². The first-order valence-electron chi connectivity index (χ1n) is 12.0. The molecule has 1 amide bonds. The fourth-order valence-corrected chi connectivity index (χ4v) is 6.41. The molecule has 1 aliphatic heterocycles. The first-order chi connectivity index (χ1) is 17.0. The Morgan fingerprint density at radius 1 is 0.914 bits per heavy atom. The van der Waals surface area contributed by atoms with Gasteiger partial charge in [0, 0.05) is 48.6 Å². The van der Waals surface area contributed by atoms with Gasteiger partial charge >= 0.3 is 0 Å². The van der Waals surface area contributed by atoms with Crippen LogP contribution in [-0.4, -0.2) is 43.2 Å². The van der Waals surface area contributed by atoms with Gasteiger partial charge in [-0.2, -0.15) is 4.31 Å². The minimum absolute atomic E-state index is 0.00912. The number of nitrogens with zero attached hydrogens (tertiary/aromatic N) is 1. The summed E-state index contributed by atoms with van der Waals surface area (Å²) in [7, 11) is -3.53. The maximum absolute atomic E-state index is 13.1. The lowest BCUT2D eigenvalue weighted by Gasteiger charge is -2.31. The lowest BCUT2D eigenvalue weighted by atomic mass is 9.90. The minimum Gasteiger partial charge on any atom is -0.361 e. The van der Waals surface area contributed by atoms with Crippen molar-refractivity contribution in [1.29, 1.82) is 0 Å². The first-order valence-corrected chi connectivity index (χ1v) is 13.4. The van der Waals surface area contributed by atoms with Crippen LogP contribution >= 0.6 is 0 Å². The number of fused-ring (bicyclic) bond motifs is 1. The van der Waals surface area contributed by atoms with Gasteiger partial charge in [0.25, 0.3) is 0 Å². The average molecular weight is 488 g/mol. The Balaban J connectivity index is 1.26. The molecule has 1 aliphatic rings. The van der Waals surface area contributed by atoms with Crippen molar-refractivity contribution in [1.82, 2.24) is 14.6 Å². The van der Waals surface area contributed by atoms with Gasteiger partial charge < -0.3 is 10.3 Å². The number of aromatic nitrogens is 1. The third-order valence-corrected chi connectivity index (χ3v) is 8.80. The number of para-hydroxylation sites is 1. The maximum Gasteiger partial charge on any atom is 0.243 e. The number of amides is 1. The fourth-order valence-electron chi connectivity index (χ4n) is 4.92. The van der Waals surface area contributed by atoms with Gasteiger partial charge in [0.2, 0.25) is 15.9 Å². The van der Waals surface area contributed by atoms with Crippen LogP contribution in [0.1, 0.15) is 29.9 Å². The van der Waals surface area contributed by atoms with Crippen LogP contribution in [0, 0.1) is 5.92 Å². The molecule has 5 rings (SSSR count). The molecule has 1 unspecified atom stereocenters. The minimum atomic E-state index is -3.53. The van der Waals surface area contributed by atoms with E-state index in [-0.39, 0.29) is 17.7 Å². The number of sulfonamides is 1. The van der Waals surface area contributed by atoms with Crippen LogP contribution in [0.15, 0.2) is 96.0 Å². The summed E-state index contributed by atoms with van der Waals surface area (Å²) in [5.74, 6) is -0.200. The Morgan fingerprint density at radius 3 is 2.26 bits per heavy atom. The lowest BCUT2D eigenvalue weighted by molar-refractivity contribution is -0.126. The summed E-state index contributed by atoms with van der Waals surface area (Å²) in [6.45, 7) is 1.17. The van der Waals surface area contributed by atoms with E-state index in [1.807, 2.05) is 36.5 Å². The van der Waals surface area contributed by atoms with Gasteiger partial charge in [0.05, 0.1) is 4.90 Å². The molecule has 1 fully saturated rings. The summed E-state index contributed by atoms with van der Waals surface area (Å²) >= 11 is 0. The molecule has 0 bridgehead atoms. The van der Waals surface area contributed by atoms with E-state index < -0.39 is 10.0 Å². The third kappa shape index (κ3) is 4.88. The Bertz CT molecular complexity index is 1390. The average Bonchev–Trinajstić information content (AvgIpc) is 3.34. The topological polar surface area (TPSA) is 82.3 Å². The molecule has 0 radical (unpaired) electrons. The Morgan fingerprint density at radius 2 is 1.54 bits per heavy atom. The second-order valence-electron chi connectivity index (χ2n) is 8.99. The van der Waals surface area contributed by atoms with Crippen molar-refractivity contribution in [3.05, 3.63) is 102 Å². The zero-order valence-electron chi connectivity index (χ0n) is 19.4. The van der Waals surface area contributed by atoms with Gasteiger partial charge in [0.15, 0.2) is 0 Å². The van der Waals surface area contributed by atoms with E-state index in [0.717, 1.165) is 22.0 Å². The molecule has 35 heavy (non-hydrogen) atoms. The smallest absolute Gasteiger partial charge is 0.243 e. The zero-order chi connectivity index (χ0) is 24.3. The van der Waals surface area contributed by atoms with E-state index in [1.165, 1.54) is 4.31 Å². The van der Waals surface area contributed by atoms with E-state index in [0.29, 0.717) is 37.4 Å². The number of hydrogen-bond donors (Lipinski definition) is 2. The van der Waals surface area contributed by atoms with Crippen molar-refractivity contribution in [2.75, 3.05) is 19.6 Å². The van der Waals surface area contributed by atoms with Crippen molar-refractivity contribution in [2.45, 2.75) is 23.7 Å². The monoisotopic (exact) mass is 487 g/mol. The number of piperidine rings is 1. The second kappa shape index (κ2) is 10.1. The second-order valence-corrected chi connectivity index (χ2v) is 10.9. The largest absolute Gasteiger partial charge is 0.361 e. The first kappa shape index (κ1) is 23.3. The van der Waals surface area contributed by atoms with Crippen LogP contribution in [0.2, 0.25) is 0 Å². The summed E-state index contributed by atoms with van der Waals surface area (Å²) in [6, 6.07) is 26.9. The van der Waals surface area contributed by atoms with E-state index in [2.05, 4.69) is 34.6 Å². The van der Waals surface area contributed by atoms with Crippen molar-refractivity contribution in [2.24, 2.45) is 5.92 Å². The fraction of sp³-hybridized carbons (Fsp3) is 0.250. The van der Waals surface area contributed by atoms with Gasteiger partial charge in [-0.15, -0.1) is 0 Å². The summed E-state index contributed by atoms with van der Waals surface area (Å²) in [5, 5.41) is 4.32. The molecule has 1 saturated heterocycles. The van der Waals surface area contributed by atoms with Crippen LogP contribution < -0.4 is 5.32 Å². The normalized spacial score (nSPS) is 16.2. The highest BCUT2D eigenvalue weighted by Crippen LogP contribution is 2.31. The molecule has 1 aromatic heterocycles. The summed E-state index contributed by atoms with van der Waals surface area (Å²) in [5.41, 5.74) is 3.36. The van der Waals surface area contributed by atoms with Gasteiger partial charge in [-0.25, -0.2) is 8.42 Å². The molecule has 180 valence electrons. The van der Waals surface area contributed by atoms with Crippen LogP contribution in [-0.2, 0) is 14.8 Å². The number of nitrogens with one attached hydrogen (secondary N) is 2. The molecule has 4 aromatic rings. The molecule has 1 atom stereocenters. The Kier molecular flexibility index (Phi) is 6.70. The van der Waals surface area contributed by atoms with Crippen LogP contribution in [0.4, 0.5) is 0 Å². The lowest BCUT2D eigenvalue weighted by Crippen LogP contribution is -2.43. The molecule has 0 aliphatic carbocycles. The molecular formula is C28H29N3O3S. The van der Waals surface area contributed by atoms with Crippen LogP contribution in [0.25, 0.3) is 10.9 Å². The summed E-state index contributed by atoms with van der Waals surface area (Å²) < 4.78 is 27.3. The van der Waals surface area contributed by atoms with Gasteiger partial charge in [0.1, 0.15) is 0 Å². The molecule has 2 heterocycles. The van der Waals surface area contributed by atoms with Gasteiger partial charge in [-0.05, 0) is 42.2 Å². The summed E-state index contributed by atoms with van der Waals surface area (Å²) in [4.78, 5) is 16.8. The van der Waals surface area contributed by atoms with Crippen molar-refractivity contribution in [3.63, 3.8) is 0 Å². The van der Waals surface area contributed by atoms with Crippen molar-refractivity contribution < 1.29 is 13.2 Å². The van der Waals surface area contributed by atoms with E-state index in [4.69, 9.17) is 0 Å². The number of benzene rings is 3. The molecule has 3 aromatic carbocycles. The van der Waals surface area contributed by atoms with Crippen molar-refractivity contribution in [3.8, 4) is 0 Å². The summed E-state index contributed by atoms with van der Waals surface area (Å²) in [6.07, 6.45) is 3.06. The SMILES string of the molecule is O=C(NCC(c1ccccc1)c1c[nH]c2ccccc12)C1CCN(S(=O)(=O)c2ccccc2)CC1. The van der Waals surface area contributed by atoms with E-state index in [1.54, 1.807) is 30.3 Å². The molecule has 7 heteroatoms. The molecule has 0 saturated carbocycles. The number of carbonyl (C=O) groups excluding carboxylic acids is 1. The number of hydrogen-bond acceptors (Lipinski definition) is 3. The third-order valence-electron chi connectivity index (χ3n) is 6.88. The number of carbonyl (C=O) groups is 1. The molecule has 6 nitrogen and oxygen atoms in total. The molecular weight excluding hydrogens is 458 g/mol. The number of H-pyrrole nitrogens is 1. The Labute approximate surface area is 206 Å². The predicted octanol–water partition coefficient (Wildman–Crippen LogP) is 4.52. The van der Waals surface area contributed by atoms with Crippen LogP contribution in [0.3, 0.4) is 0 Å². The maximum atomic E-state index is 13.1. The predicted molar refractivity (Wildman–Crippen MR) is 138 cm³/mol. The van der Waals surface area contributed by atoms with Crippen molar-refractivity contribution >= 4 is 26.8 Å². The Hall–Kier alpha value is -3.42. The van der Waals surface area contributed by atoms with Gasteiger partial charge in [-0.3, -0.25) is 4.79 Å². The molecule has 0 spiro atoms. The highest BCUT2D eigenvalue weighted by Gasteiger charge is 2.32. The quantitative estimate of drug-likeness (QED) is 0.402.